The minimum atomic E-state index is -0.476. The van der Waals surface area contributed by atoms with Gasteiger partial charge in [-0.05, 0) is 37.6 Å². The molecule has 0 aliphatic rings. The van der Waals surface area contributed by atoms with Crippen molar-refractivity contribution in [2.75, 3.05) is 12.4 Å². The average molecular weight is 390 g/mol. The molecule has 0 saturated heterocycles. The van der Waals surface area contributed by atoms with Gasteiger partial charge in [0.05, 0.1) is 24.4 Å². The van der Waals surface area contributed by atoms with Crippen molar-refractivity contribution < 1.29 is 14.3 Å². The molecule has 0 saturated carbocycles. The van der Waals surface area contributed by atoms with Crippen molar-refractivity contribution in [1.29, 1.82) is 0 Å². The van der Waals surface area contributed by atoms with Crippen LogP contribution in [0.3, 0.4) is 0 Å². The van der Waals surface area contributed by atoms with Crippen molar-refractivity contribution in [3.63, 3.8) is 0 Å². The molecule has 7 nitrogen and oxygen atoms in total. The molecule has 1 unspecified atom stereocenters. The molecule has 1 heterocycles. The molecule has 0 fully saturated rings. The van der Waals surface area contributed by atoms with Crippen LogP contribution in [0.15, 0.2) is 60.7 Å². The summed E-state index contributed by atoms with van der Waals surface area (Å²) in [5.41, 5.74) is 2.70. The number of aromatic nitrogens is 2. The molecule has 29 heavy (non-hydrogen) atoms. The van der Waals surface area contributed by atoms with Gasteiger partial charge in [-0.15, -0.1) is 0 Å². The van der Waals surface area contributed by atoms with Crippen LogP contribution in [0.5, 0.6) is 0 Å². The van der Waals surface area contributed by atoms with Crippen molar-refractivity contribution in [2.24, 2.45) is 0 Å². The number of esters is 1. The fourth-order valence-corrected chi connectivity index (χ4v) is 2.84. The van der Waals surface area contributed by atoms with Crippen molar-refractivity contribution in [2.45, 2.75) is 19.9 Å². The number of nitrogens with one attached hydrogen (secondary N) is 2. The lowest BCUT2D eigenvalue weighted by Gasteiger charge is -2.15. The summed E-state index contributed by atoms with van der Waals surface area (Å²) in [6, 6.07) is 18.0. The zero-order valence-corrected chi connectivity index (χ0v) is 16.5. The Labute approximate surface area is 169 Å². The Morgan fingerprint density at radius 2 is 1.69 bits per heavy atom. The SMILES string of the molecule is COC(=O)c1ccccc1Nc1nc(C)cc(C(=O)NC(C)c2ccccc2)n1. The van der Waals surface area contributed by atoms with Crippen LogP contribution in [0.2, 0.25) is 0 Å². The Morgan fingerprint density at radius 3 is 2.41 bits per heavy atom. The van der Waals surface area contributed by atoms with Gasteiger partial charge in [0.2, 0.25) is 5.95 Å². The number of rotatable bonds is 6. The fraction of sp³-hybridized carbons (Fsp3) is 0.182. The first-order valence-electron chi connectivity index (χ1n) is 9.14. The number of benzene rings is 2. The monoisotopic (exact) mass is 390 g/mol. The third-order valence-corrected chi connectivity index (χ3v) is 4.31. The molecule has 7 heteroatoms. The van der Waals surface area contributed by atoms with E-state index >= 15 is 0 Å². The molecule has 0 aliphatic heterocycles. The molecule has 2 N–H and O–H groups in total. The minimum Gasteiger partial charge on any atom is -0.465 e. The normalized spacial score (nSPS) is 11.4. The van der Waals surface area contributed by atoms with E-state index in [4.69, 9.17) is 4.74 Å². The number of hydrogen-bond donors (Lipinski definition) is 2. The van der Waals surface area contributed by atoms with E-state index < -0.39 is 5.97 Å². The minimum absolute atomic E-state index is 0.171. The van der Waals surface area contributed by atoms with Gasteiger partial charge in [-0.3, -0.25) is 4.79 Å². The number of aryl methyl sites for hydroxylation is 1. The first kappa shape index (κ1) is 20.0. The Kier molecular flexibility index (Phi) is 6.19. The molecule has 3 aromatic rings. The zero-order valence-electron chi connectivity index (χ0n) is 16.5. The van der Waals surface area contributed by atoms with Crippen LogP contribution >= 0.6 is 0 Å². The van der Waals surface area contributed by atoms with Gasteiger partial charge in [0.25, 0.3) is 5.91 Å². The summed E-state index contributed by atoms with van der Waals surface area (Å²) in [5.74, 6) is -0.564. The highest BCUT2D eigenvalue weighted by molar-refractivity contribution is 5.96. The van der Waals surface area contributed by atoms with E-state index in [2.05, 4.69) is 20.6 Å². The van der Waals surface area contributed by atoms with Crippen LogP contribution in [0, 0.1) is 6.92 Å². The van der Waals surface area contributed by atoms with Crippen LogP contribution in [0.4, 0.5) is 11.6 Å². The molecule has 1 aromatic heterocycles. The van der Waals surface area contributed by atoms with Crippen LogP contribution in [-0.2, 0) is 4.74 Å². The molecule has 0 radical (unpaired) electrons. The van der Waals surface area contributed by atoms with Crippen LogP contribution in [0.25, 0.3) is 0 Å². The third-order valence-electron chi connectivity index (χ3n) is 4.31. The third kappa shape index (κ3) is 4.95. The van der Waals surface area contributed by atoms with Crippen molar-refractivity contribution in [3.8, 4) is 0 Å². The van der Waals surface area contributed by atoms with Gasteiger partial charge in [-0.2, -0.15) is 0 Å². The first-order chi connectivity index (χ1) is 14.0. The molecule has 2 aromatic carbocycles. The molecule has 0 bridgehead atoms. The summed E-state index contributed by atoms with van der Waals surface area (Å²) in [5, 5.41) is 5.94. The summed E-state index contributed by atoms with van der Waals surface area (Å²) in [6.07, 6.45) is 0. The maximum absolute atomic E-state index is 12.7. The van der Waals surface area contributed by atoms with E-state index in [-0.39, 0.29) is 23.6 Å². The molecule has 0 aliphatic carbocycles. The van der Waals surface area contributed by atoms with Crippen LogP contribution in [-0.4, -0.2) is 29.0 Å². The summed E-state index contributed by atoms with van der Waals surface area (Å²) >= 11 is 0. The second-order valence-electron chi connectivity index (χ2n) is 6.49. The molecule has 0 spiro atoms. The standard InChI is InChI=1S/C22H22N4O3/c1-14-13-19(20(27)24-15(2)16-9-5-4-6-10-16)26-22(23-14)25-18-12-8-7-11-17(18)21(28)29-3/h4-13,15H,1-3H3,(H,24,27)(H,23,25,26). The van der Waals surface area contributed by atoms with E-state index in [0.717, 1.165) is 5.56 Å². The smallest absolute Gasteiger partial charge is 0.339 e. The number of methoxy groups -OCH3 is 1. The number of hydrogen-bond acceptors (Lipinski definition) is 6. The highest BCUT2D eigenvalue weighted by Gasteiger charge is 2.16. The van der Waals surface area contributed by atoms with Crippen LogP contribution in [0.1, 0.15) is 45.1 Å². The molecule has 1 atom stereocenters. The van der Waals surface area contributed by atoms with E-state index in [9.17, 15) is 9.59 Å². The Bertz CT molecular complexity index is 1020. The number of carbonyl (C=O) groups excluding carboxylic acids is 2. The largest absolute Gasteiger partial charge is 0.465 e. The second kappa shape index (κ2) is 8.97. The van der Waals surface area contributed by atoms with E-state index in [1.54, 1.807) is 37.3 Å². The number of amides is 1. The molecule has 148 valence electrons. The quantitative estimate of drug-likeness (QED) is 0.622. The van der Waals surface area contributed by atoms with Gasteiger partial charge in [-0.1, -0.05) is 42.5 Å². The lowest BCUT2D eigenvalue weighted by atomic mass is 10.1. The highest BCUT2D eigenvalue weighted by Crippen LogP contribution is 2.20. The predicted octanol–water partition coefficient (Wildman–Crippen LogP) is 3.81. The number of para-hydroxylation sites is 1. The molecule has 1 amide bonds. The van der Waals surface area contributed by atoms with Crippen molar-refractivity contribution in [3.05, 3.63) is 83.2 Å². The Morgan fingerprint density at radius 1 is 1.00 bits per heavy atom. The molecule has 3 rings (SSSR count). The van der Waals surface area contributed by atoms with E-state index in [0.29, 0.717) is 16.9 Å². The van der Waals surface area contributed by atoms with E-state index in [1.807, 2.05) is 37.3 Å². The maximum Gasteiger partial charge on any atom is 0.339 e. The van der Waals surface area contributed by atoms with Gasteiger partial charge in [0.15, 0.2) is 0 Å². The van der Waals surface area contributed by atoms with Gasteiger partial charge in [-0.25, -0.2) is 14.8 Å². The van der Waals surface area contributed by atoms with Gasteiger partial charge >= 0.3 is 5.97 Å². The average Bonchev–Trinajstić information content (AvgIpc) is 2.73. The second-order valence-corrected chi connectivity index (χ2v) is 6.49. The zero-order chi connectivity index (χ0) is 20.8. The van der Waals surface area contributed by atoms with E-state index in [1.165, 1.54) is 7.11 Å². The first-order valence-corrected chi connectivity index (χ1v) is 9.14. The summed E-state index contributed by atoms with van der Waals surface area (Å²) in [7, 11) is 1.32. The number of anilines is 2. The summed E-state index contributed by atoms with van der Waals surface area (Å²) in [6.45, 7) is 3.68. The Balaban J connectivity index is 1.82. The lowest BCUT2D eigenvalue weighted by Crippen LogP contribution is -2.27. The number of nitrogens with zero attached hydrogens (tertiary/aromatic N) is 2. The molecular weight excluding hydrogens is 368 g/mol. The molecular formula is C22H22N4O3. The summed E-state index contributed by atoms with van der Waals surface area (Å²) < 4.78 is 4.80. The maximum atomic E-state index is 12.7. The number of ether oxygens (including phenoxy) is 1. The summed E-state index contributed by atoms with van der Waals surface area (Å²) in [4.78, 5) is 33.3. The number of carbonyl (C=O) groups is 2. The van der Waals surface area contributed by atoms with Gasteiger partial charge in [0, 0.05) is 5.69 Å². The predicted molar refractivity (Wildman–Crippen MR) is 110 cm³/mol. The lowest BCUT2D eigenvalue weighted by molar-refractivity contribution is 0.0601. The topological polar surface area (TPSA) is 93.2 Å². The van der Waals surface area contributed by atoms with Crippen molar-refractivity contribution in [1.82, 2.24) is 15.3 Å². The van der Waals surface area contributed by atoms with Gasteiger partial charge in [0.1, 0.15) is 5.69 Å². The Hall–Kier alpha value is -3.74. The fourth-order valence-electron chi connectivity index (χ4n) is 2.84. The highest BCUT2D eigenvalue weighted by atomic mass is 16.5. The van der Waals surface area contributed by atoms with Crippen LogP contribution < -0.4 is 10.6 Å². The van der Waals surface area contributed by atoms with Gasteiger partial charge < -0.3 is 15.4 Å². The van der Waals surface area contributed by atoms with Crippen molar-refractivity contribution >= 4 is 23.5 Å².